The van der Waals surface area contributed by atoms with Crippen LogP contribution >= 0.6 is 0 Å². The molecule has 4 heteroatoms. The molecule has 110 valence electrons. The lowest BCUT2D eigenvalue weighted by Crippen LogP contribution is -2.31. The summed E-state index contributed by atoms with van der Waals surface area (Å²) in [5, 5.41) is 2.90. The van der Waals surface area contributed by atoms with E-state index in [9.17, 15) is 4.79 Å². The second-order valence-electron chi connectivity index (χ2n) is 4.67. The lowest BCUT2D eigenvalue weighted by Gasteiger charge is -2.14. The third-order valence-corrected chi connectivity index (χ3v) is 3.09. The molecule has 21 heavy (non-hydrogen) atoms. The summed E-state index contributed by atoms with van der Waals surface area (Å²) in [6, 6.07) is 16.9. The van der Waals surface area contributed by atoms with Crippen LogP contribution in [0.3, 0.4) is 0 Å². The Morgan fingerprint density at radius 1 is 1.10 bits per heavy atom. The second-order valence-corrected chi connectivity index (χ2v) is 4.67. The van der Waals surface area contributed by atoms with E-state index >= 15 is 0 Å². The summed E-state index contributed by atoms with van der Waals surface area (Å²) in [7, 11) is 1.59. The van der Waals surface area contributed by atoms with Crippen LogP contribution in [0, 0.1) is 0 Å². The molecule has 0 spiro atoms. The van der Waals surface area contributed by atoms with Gasteiger partial charge in [-0.05, 0) is 24.6 Å². The quantitative estimate of drug-likeness (QED) is 0.887. The van der Waals surface area contributed by atoms with Crippen LogP contribution in [0.25, 0.3) is 0 Å². The number of methoxy groups -OCH3 is 1. The number of nitrogens with one attached hydrogen (secondary N) is 1. The van der Waals surface area contributed by atoms with Crippen LogP contribution < -0.4 is 14.8 Å². The molecule has 2 rings (SSSR count). The highest BCUT2D eigenvalue weighted by molar-refractivity contribution is 5.78. The predicted molar refractivity (Wildman–Crippen MR) is 81.5 cm³/mol. The van der Waals surface area contributed by atoms with Crippen molar-refractivity contribution in [2.45, 2.75) is 13.0 Å². The Kier molecular flexibility index (Phi) is 5.21. The van der Waals surface area contributed by atoms with Crippen molar-refractivity contribution < 1.29 is 14.3 Å². The summed E-state index contributed by atoms with van der Waals surface area (Å²) in [6.45, 7) is 1.92. The summed E-state index contributed by atoms with van der Waals surface area (Å²) in [6.07, 6.45) is 0. The van der Waals surface area contributed by atoms with E-state index in [1.807, 2.05) is 49.4 Å². The van der Waals surface area contributed by atoms with E-state index in [2.05, 4.69) is 5.32 Å². The van der Waals surface area contributed by atoms with Gasteiger partial charge in [-0.15, -0.1) is 0 Å². The van der Waals surface area contributed by atoms with Gasteiger partial charge in [-0.25, -0.2) is 0 Å². The molecule has 0 fully saturated rings. The summed E-state index contributed by atoms with van der Waals surface area (Å²) in [5.41, 5.74) is 1.06. The van der Waals surface area contributed by atoms with Gasteiger partial charge in [0.1, 0.15) is 11.5 Å². The minimum atomic E-state index is -0.158. The highest BCUT2D eigenvalue weighted by Gasteiger charge is 2.09. The van der Waals surface area contributed by atoms with Crippen LogP contribution in [-0.4, -0.2) is 19.6 Å². The van der Waals surface area contributed by atoms with E-state index in [-0.39, 0.29) is 18.6 Å². The third-order valence-electron chi connectivity index (χ3n) is 3.09. The topological polar surface area (TPSA) is 47.6 Å². The van der Waals surface area contributed by atoms with Crippen molar-refractivity contribution >= 4 is 5.91 Å². The van der Waals surface area contributed by atoms with Crippen molar-refractivity contribution in [1.29, 1.82) is 0 Å². The average molecular weight is 285 g/mol. The maximum absolute atomic E-state index is 11.9. The van der Waals surface area contributed by atoms with Crippen molar-refractivity contribution in [3.05, 3.63) is 60.2 Å². The first-order valence-corrected chi connectivity index (χ1v) is 6.80. The Labute approximate surface area is 124 Å². The summed E-state index contributed by atoms with van der Waals surface area (Å²) in [5.74, 6) is 1.15. The number of carbonyl (C=O) groups is 1. The zero-order valence-electron chi connectivity index (χ0n) is 12.2. The van der Waals surface area contributed by atoms with Gasteiger partial charge in [-0.1, -0.05) is 36.4 Å². The summed E-state index contributed by atoms with van der Waals surface area (Å²) >= 11 is 0. The molecule has 0 saturated carbocycles. The summed E-state index contributed by atoms with van der Waals surface area (Å²) in [4.78, 5) is 11.9. The predicted octanol–water partition coefficient (Wildman–Crippen LogP) is 2.95. The first-order chi connectivity index (χ1) is 10.2. The molecule has 0 unspecified atom stereocenters. The maximum atomic E-state index is 11.9. The molecular weight excluding hydrogens is 266 g/mol. The van der Waals surface area contributed by atoms with Crippen LogP contribution in [0.15, 0.2) is 54.6 Å². The monoisotopic (exact) mass is 285 g/mol. The minimum Gasteiger partial charge on any atom is -0.497 e. The highest BCUT2D eigenvalue weighted by atomic mass is 16.5. The number of rotatable bonds is 6. The Morgan fingerprint density at radius 3 is 2.52 bits per heavy atom. The van der Waals surface area contributed by atoms with Crippen molar-refractivity contribution in [3.8, 4) is 11.5 Å². The van der Waals surface area contributed by atoms with Crippen molar-refractivity contribution in [2.24, 2.45) is 0 Å². The molecule has 0 bridgehead atoms. The number of benzene rings is 2. The van der Waals surface area contributed by atoms with Crippen LogP contribution in [0.1, 0.15) is 18.5 Å². The Balaban J connectivity index is 1.84. The molecule has 1 N–H and O–H groups in total. The van der Waals surface area contributed by atoms with Crippen molar-refractivity contribution in [1.82, 2.24) is 5.32 Å². The van der Waals surface area contributed by atoms with Gasteiger partial charge in [-0.2, -0.15) is 0 Å². The molecule has 2 aromatic carbocycles. The smallest absolute Gasteiger partial charge is 0.258 e. The number of hydrogen-bond donors (Lipinski definition) is 1. The largest absolute Gasteiger partial charge is 0.497 e. The molecule has 2 aromatic rings. The van der Waals surface area contributed by atoms with Crippen molar-refractivity contribution in [2.75, 3.05) is 13.7 Å². The maximum Gasteiger partial charge on any atom is 0.258 e. The average Bonchev–Trinajstić information content (AvgIpc) is 2.54. The molecule has 0 aromatic heterocycles. The van der Waals surface area contributed by atoms with Gasteiger partial charge < -0.3 is 14.8 Å². The van der Waals surface area contributed by atoms with Gasteiger partial charge in [0.25, 0.3) is 5.91 Å². The van der Waals surface area contributed by atoms with Crippen LogP contribution in [0.2, 0.25) is 0 Å². The lowest BCUT2D eigenvalue weighted by molar-refractivity contribution is -0.123. The first kappa shape index (κ1) is 14.9. The first-order valence-electron chi connectivity index (χ1n) is 6.80. The van der Waals surface area contributed by atoms with Gasteiger partial charge in [-0.3, -0.25) is 4.79 Å². The van der Waals surface area contributed by atoms with Gasteiger partial charge in [0, 0.05) is 6.07 Å². The van der Waals surface area contributed by atoms with Crippen LogP contribution in [-0.2, 0) is 4.79 Å². The Bertz CT molecular complexity index is 584. The van der Waals surface area contributed by atoms with E-state index in [4.69, 9.17) is 9.47 Å². The van der Waals surface area contributed by atoms with E-state index in [1.54, 1.807) is 19.2 Å². The molecule has 4 nitrogen and oxygen atoms in total. The molecule has 1 atom stereocenters. The fourth-order valence-corrected chi connectivity index (χ4v) is 1.95. The van der Waals surface area contributed by atoms with Crippen molar-refractivity contribution in [3.63, 3.8) is 0 Å². The Hall–Kier alpha value is -2.49. The fourth-order valence-electron chi connectivity index (χ4n) is 1.95. The number of hydrogen-bond acceptors (Lipinski definition) is 3. The van der Waals surface area contributed by atoms with Gasteiger partial charge in [0.05, 0.1) is 13.2 Å². The number of ether oxygens (including phenoxy) is 2. The molecule has 0 radical (unpaired) electrons. The standard InChI is InChI=1S/C17H19NO3/c1-13(14-7-4-3-5-8-14)18-17(19)12-21-16-10-6-9-15(11-16)20-2/h3-11,13H,12H2,1-2H3,(H,18,19)/t13-/m0/s1. The molecule has 0 aliphatic heterocycles. The van der Waals surface area contributed by atoms with Gasteiger partial charge in [0.2, 0.25) is 0 Å². The molecule has 0 heterocycles. The number of carbonyl (C=O) groups excluding carboxylic acids is 1. The van der Waals surface area contributed by atoms with Crippen LogP contribution in [0.4, 0.5) is 0 Å². The molecule has 0 aliphatic carbocycles. The number of amides is 1. The van der Waals surface area contributed by atoms with E-state index in [0.29, 0.717) is 11.5 Å². The lowest BCUT2D eigenvalue weighted by atomic mass is 10.1. The fraction of sp³-hybridized carbons (Fsp3) is 0.235. The zero-order valence-corrected chi connectivity index (χ0v) is 12.2. The normalized spacial score (nSPS) is 11.5. The minimum absolute atomic E-state index is 0.0235. The molecular formula is C17H19NO3. The van der Waals surface area contributed by atoms with Gasteiger partial charge >= 0.3 is 0 Å². The molecule has 1 amide bonds. The summed E-state index contributed by atoms with van der Waals surface area (Å²) < 4.78 is 10.6. The third kappa shape index (κ3) is 4.53. The molecule has 0 saturated heterocycles. The highest BCUT2D eigenvalue weighted by Crippen LogP contribution is 2.18. The second kappa shape index (κ2) is 7.33. The van der Waals surface area contributed by atoms with E-state index in [0.717, 1.165) is 5.56 Å². The zero-order chi connectivity index (χ0) is 15.1. The molecule has 0 aliphatic rings. The van der Waals surface area contributed by atoms with Gasteiger partial charge in [0.15, 0.2) is 6.61 Å². The van der Waals surface area contributed by atoms with Crippen LogP contribution in [0.5, 0.6) is 11.5 Å². The van der Waals surface area contributed by atoms with E-state index in [1.165, 1.54) is 0 Å². The Morgan fingerprint density at radius 2 is 1.81 bits per heavy atom. The van der Waals surface area contributed by atoms with E-state index < -0.39 is 0 Å². The SMILES string of the molecule is COc1cccc(OCC(=O)N[C@@H](C)c2ccccc2)c1.